The van der Waals surface area contributed by atoms with Crippen LogP contribution in [0.25, 0.3) is 0 Å². The van der Waals surface area contributed by atoms with Gasteiger partial charge < -0.3 is 14.8 Å². The van der Waals surface area contributed by atoms with Gasteiger partial charge in [-0.15, -0.1) is 0 Å². The van der Waals surface area contributed by atoms with Crippen LogP contribution in [-0.2, 0) is 14.9 Å². The lowest BCUT2D eigenvalue weighted by molar-refractivity contribution is -0.188. The Bertz CT molecular complexity index is 711. The largest absolute Gasteiger partial charge is 0.496 e. The molecule has 5 aliphatic rings. The fourth-order valence-corrected chi connectivity index (χ4v) is 6.85. The number of rotatable bonds is 6. The molecule has 0 spiro atoms. The number of benzene rings is 1. The van der Waals surface area contributed by atoms with E-state index >= 15 is 0 Å². The monoisotopic (exact) mass is 369 g/mol. The van der Waals surface area contributed by atoms with Gasteiger partial charge in [0.15, 0.2) is 0 Å². The molecule has 4 bridgehead atoms. The molecular formula is C23H31NO3. The third-order valence-corrected chi connectivity index (χ3v) is 8.23. The van der Waals surface area contributed by atoms with Crippen LogP contribution in [0.1, 0.15) is 50.5 Å². The quantitative estimate of drug-likeness (QED) is 0.832. The van der Waals surface area contributed by atoms with Gasteiger partial charge in [0.1, 0.15) is 5.75 Å². The maximum Gasteiger partial charge on any atom is 0.230 e. The number of ether oxygens (including phenoxy) is 2. The molecule has 1 aromatic carbocycles. The zero-order valence-corrected chi connectivity index (χ0v) is 16.5. The first-order valence-corrected chi connectivity index (χ1v) is 10.6. The van der Waals surface area contributed by atoms with Crippen molar-refractivity contribution in [1.82, 2.24) is 5.32 Å². The minimum Gasteiger partial charge on any atom is -0.496 e. The third-order valence-electron chi connectivity index (χ3n) is 8.23. The highest BCUT2D eigenvalue weighted by molar-refractivity contribution is 5.92. The normalized spacial score (nSPS) is 37.9. The van der Waals surface area contributed by atoms with Gasteiger partial charge in [0.25, 0.3) is 0 Å². The van der Waals surface area contributed by atoms with E-state index in [9.17, 15) is 4.79 Å². The first-order valence-electron chi connectivity index (χ1n) is 10.6. The van der Waals surface area contributed by atoms with E-state index in [-0.39, 0.29) is 11.5 Å². The summed E-state index contributed by atoms with van der Waals surface area (Å²) in [6, 6.07) is 7.96. The van der Waals surface area contributed by atoms with Gasteiger partial charge in [-0.2, -0.15) is 0 Å². The van der Waals surface area contributed by atoms with Crippen LogP contribution in [0.3, 0.4) is 0 Å². The van der Waals surface area contributed by atoms with Crippen LogP contribution in [0.15, 0.2) is 24.3 Å². The van der Waals surface area contributed by atoms with Crippen LogP contribution >= 0.6 is 0 Å². The number of amides is 1. The molecule has 4 heteroatoms. The lowest BCUT2D eigenvalue weighted by Crippen LogP contribution is -2.63. The molecule has 1 amide bonds. The van der Waals surface area contributed by atoms with Gasteiger partial charge in [0.2, 0.25) is 5.91 Å². The van der Waals surface area contributed by atoms with Crippen molar-refractivity contribution < 1.29 is 14.3 Å². The summed E-state index contributed by atoms with van der Waals surface area (Å²) in [4.78, 5) is 13.3. The highest BCUT2D eigenvalue weighted by Crippen LogP contribution is 2.59. The molecule has 0 radical (unpaired) electrons. The second-order valence-corrected chi connectivity index (χ2v) is 9.43. The highest BCUT2D eigenvalue weighted by Gasteiger charge is 2.59. The summed E-state index contributed by atoms with van der Waals surface area (Å²) in [6.45, 7) is 0.661. The second kappa shape index (κ2) is 6.23. The molecule has 6 rings (SSSR count). The fraction of sp³-hybridized carbons (Fsp3) is 0.696. The third kappa shape index (κ3) is 2.55. The number of carbonyl (C=O) groups excluding carboxylic acids is 1. The van der Waals surface area contributed by atoms with Crippen LogP contribution in [0.5, 0.6) is 5.75 Å². The zero-order valence-electron chi connectivity index (χ0n) is 16.5. The number of methoxy groups -OCH3 is 2. The topological polar surface area (TPSA) is 47.6 Å². The minimum absolute atomic E-state index is 0.150. The van der Waals surface area contributed by atoms with Gasteiger partial charge in [-0.25, -0.2) is 0 Å². The smallest absolute Gasteiger partial charge is 0.230 e. The second-order valence-electron chi connectivity index (χ2n) is 9.43. The molecule has 1 N–H and O–H groups in total. The van der Waals surface area contributed by atoms with Gasteiger partial charge in [0, 0.05) is 19.2 Å². The van der Waals surface area contributed by atoms with E-state index in [4.69, 9.17) is 9.47 Å². The number of para-hydroxylation sites is 1. The van der Waals surface area contributed by atoms with Crippen LogP contribution in [0, 0.1) is 23.7 Å². The van der Waals surface area contributed by atoms with Crippen molar-refractivity contribution in [3.8, 4) is 5.75 Å². The number of hydrogen-bond donors (Lipinski definition) is 1. The number of hydrogen-bond acceptors (Lipinski definition) is 3. The molecule has 146 valence electrons. The number of nitrogens with one attached hydrogen (secondary N) is 1. The molecule has 0 saturated heterocycles. The molecule has 5 aliphatic carbocycles. The van der Waals surface area contributed by atoms with Crippen molar-refractivity contribution in [3.63, 3.8) is 0 Å². The van der Waals surface area contributed by atoms with E-state index in [2.05, 4.69) is 5.32 Å². The average molecular weight is 370 g/mol. The standard InChI is InChI=1S/C23H31NO3/c1-26-20-6-4-3-5-19(20)22(7-8-22)21(25)24-14-23(27-2)17-10-15-9-16(12-17)13-18(23)11-15/h3-6,15-18H,7-14H2,1-2H3,(H,24,25). The van der Waals surface area contributed by atoms with Crippen molar-refractivity contribution in [3.05, 3.63) is 29.8 Å². The zero-order chi connectivity index (χ0) is 18.6. The van der Waals surface area contributed by atoms with E-state index in [1.54, 1.807) is 7.11 Å². The number of carbonyl (C=O) groups is 1. The van der Waals surface area contributed by atoms with Gasteiger partial charge in [0.05, 0.1) is 18.1 Å². The molecule has 0 aliphatic heterocycles. The molecule has 0 unspecified atom stereocenters. The molecule has 4 nitrogen and oxygen atoms in total. The Morgan fingerprint density at radius 1 is 1.04 bits per heavy atom. The Kier molecular flexibility index (Phi) is 4.05. The van der Waals surface area contributed by atoms with Crippen molar-refractivity contribution >= 4 is 5.91 Å². The van der Waals surface area contributed by atoms with Gasteiger partial charge in [-0.05, 0) is 74.7 Å². The maximum absolute atomic E-state index is 13.3. The van der Waals surface area contributed by atoms with E-state index in [0.717, 1.165) is 36.0 Å². The summed E-state index contributed by atoms with van der Waals surface area (Å²) >= 11 is 0. The Morgan fingerprint density at radius 2 is 1.67 bits per heavy atom. The molecular weight excluding hydrogens is 338 g/mol. The minimum atomic E-state index is -0.409. The van der Waals surface area contributed by atoms with Crippen LogP contribution < -0.4 is 10.1 Å². The molecule has 0 heterocycles. The highest BCUT2D eigenvalue weighted by atomic mass is 16.5. The summed E-state index contributed by atoms with van der Waals surface area (Å²) in [5.41, 5.74) is 0.467. The van der Waals surface area contributed by atoms with E-state index in [1.807, 2.05) is 31.4 Å². The van der Waals surface area contributed by atoms with E-state index in [1.165, 1.54) is 32.1 Å². The van der Waals surface area contributed by atoms with Crippen LogP contribution in [0.2, 0.25) is 0 Å². The summed E-state index contributed by atoms with van der Waals surface area (Å²) in [7, 11) is 3.54. The van der Waals surface area contributed by atoms with Gasteiger partial charge in [-0.3, -0.25) is 4.79 Å². The Balaban J connectivity index is 1.34. The Labute approximate surface area is 162 Å². The lowest BCUT2D eigenvalue weighted by atomic mass is 9.49. The summed E-state index contributed by atoms with van der Waals surface area (Å²) < 4.78 is 11.7. The van der Waals surface area contributed by atoms with Gasteiger partial charge in [-0.1, -0.05) is 18.2 Å². The summed E-state index contributed by atoms with van der Waals surface area (Å²) in [6.07, 6.45) is 8.37. The fourth-order valence-electron chi connectivity index (χ4n) is 6.85. The molecule has 1 aromatic rings. The SMILES string of the molecule is COc1ccccc1C1(C(=O)NCC2(OC)C3CC4CC(C3)CC2C4)CC1. The van der Waals surface area contributed by atoms with Crippen molar-refractivity contribution in [2.45, 2.75) is 56.0 Å². The Morgan fingerprint density at radius 3 is 2.22 bits per heavy atom. The van der Waals surface area contributed by atoms with E-state index in [0.29, 0.717) is 18.4 Å². The predicted octanol–water partition coefficient (Wildman–Crippen LogP) is 3.68. The first kappa shape index (κ1) is 17.5. The van der Waals surface area contributed by atoms with Crippen molar-refractivity contribution in [2.24, 2.45) is 23.7 Å². The molecule has 5 fully saturated rings. The first-order chi connectivity index (χ1) is 13.1. The molecule has 0 aromatic heterocycles. The molecule has 27 heavy (non-hydrogen) atoms. The van der Waals surface area contributed by atoms with Crippen molar-refractivity contribution in [1.29, 1.82) is 0 Å². The summed E-state index contributed by atoms with van der Waals surface area (Å²) in [5.74, 6) is 3.99. The lowest BCUT2D eigenvalue weighted by Gasteiger charge is -2.60. The van der Waals surface area contributed by atoms with E-state index < -0.39 is 5.41 Å². The van der Waals surface area contributed by atoms with Crippen molar-refractivity contribution in [2.75, 3.05) is 20.8 Å². The summed E-state index contributed by atoms with van der Waals surface area (Å²) in [5, 5.41) is 3.34. The van der Waals surface area contributed by atoms with Crippen LogP contribution in [-0.4, -0.2) is 32.3 Å². The van der Waals surface area contributed by atoms with Gasteiger partial charge >= 0.3 is 0 Å². The maximum atomic E-state index is 13.3. The molecule has 0 atom stereocenters. The predicted molar refractivity (Wildman–Crippen MR) is 104 cm³/mol. The van der Waals surface area contributed by atoms with Crippen LogP contribution in [0.4, 0.5) is 0 Å². The molecule has 5 saturated carbocycles. The average Bonchev–Trinajstić information content (AvgIpc) is 3.49. The Hall–Kier alpha value is -1.55.